The van der Waals surface area contributed by atoms with E-state index in [0.29, 0.717) is 11.8 Å². The molecule has 3 unspecified atom stereocenters. The molecule has 0 aromatic heterocycles. The summed E-state index contributed by atoms with van der Waals surface area (Å²) in [6, 6.07) is -0.268. The fourth-order valence-electron chi connectivity index (χ4n) is 3.10. The third kappa shape index (κ3) is 2.96. The molecule has 1 aliphatic heterocycles. The number of amides is 1. The van der Waals surface area contributed by atoms with Gasteiger partial charge in [-0.15, -0.1) is 0 Å². The Balaban J connectivity index is 1.87. The summed E-state index contributed by atoms with van der Waals surface area (Å²) in [6.07, 6.45) is -1.86. The van der Waals surface area contributed by atoms with E-state index >= 15 is 0 Å². The number of hydrogen-bond donors (Lipinski definition) is 1. The molecule has 2 fully saturated rings. The molecule has 1 heterocycles. The molecule has 0 spiro atoms. The first-order valence-corrected chi connectivity index (χ1v) is 6.43. The summed E-state index contributed by atoms with van der Waals surface area (Å²) in [5, 5.41) is 3.16. The van der Waals surface area contributed by atoms with Crippen molar-refractivity contribution in [2.24, 2.45) is 11.8 Å². The first-order valence-electron chi connectivity index (χ1n) is 6.43. The van der Waals surface area contributed by atoms with Crippen LogP contribution in [0, 0.1) is 11.8 Å². The Bertz CT molecular complexity index is 319. The second-order valence-corrected chi connectivity index (χ2v) is 5.37. The predicted molar refractivity (Wildman–Crippen MR) is 60.9 cm³/mol. The SMILES string of the molecule is CN(CCC(F)(F)F)C(=O)C1NCC2CCCC21. The van der Waals surface area contributed by atoms with Crippen molar-refractivity contribution >= 4 is 5.91 Å². The lowest BCUT2D eigenvalue weighted by molar-refractivity contribution is -0.145. The smallest absolute Gasteiger partial charge is 0.344 e. The normalized spacial score (nSPS) is 31.4. The van der Waals surface area contributed by atoms with Gasteiger partial charge in [0.1, 0.15) is 0 Å². The highest BCUT2D eigenvalue weighted by Gasteiger charge is 2.43. The van der Waals surface area contributed by atoms with Crippen LogP contribution in [0.15, 0.2) is 0 Å². The van der Waals surface area contributed by atoms with Gasteiger partial charge in [-0.1, -0.05) is 6.42 Å². The van der Waals surface area contributed by atoms with Gasteiger partial charge in [0.25, 0.3) is 0 Å². The molecule has 1 saturated carbocycles. The van der Waals surface area contributed by atoms with Crippen LogP contribution in [-0.2, 0) is 4.79 Å². The van der Waals surface area contributed by atoms with Gasteiger partial charge < -0.3 is 10.2 Å². The van der Waals surface area contributed by atoms with Crippen LogP contribution in [0.1, 0.15) is 25.7 Å². The first-order chi connectivity index (χ1) is 8.38. The van der Waals surface area contributed by atoms with E-state index in [4.69, 9.17) is 0 Å². The van der Waals surface area contributed by atoms with E-state index in [1.54, 1.807) is 0 Å². The Morgan fingerprint density at radius 3 is 2.78 bits per heavy atom. The lowest BCUT2D eigenvalue weighted by Crippen LogP contribution is -2.45. The average Bonchev–Trinajstić information content (AvgIpc) is 2.85. The van der Waals surface area contributed by atoms with Crippen LogP contribution in [0.2, 0.25) is 0 Å². The number of nitrogens with one attached hydrogen (secondary N) is 1. The van der Waals surface area contributed by atoms with Crippen molar-refractivity contribution in [3.63, 3.8) is 0 Å². The van der Waals surface area contributed by atoms with Crippen molar-refractivity contribution in [2.45, 2.75) is 37.9 Å². The van der Waals surface area contributed by atoms with Crippen molar-refractivity contribution in [1.82, 2.24) is 10.2 Å². The maximum Gasteiger partial charge on any atom is 0.390 e. The van der Waals surface area contributed by atoms with Crippen molar-refractivity contribution in [3.05, 3.63) is 0 Å². The van der Waals surface area contributed by atoms with Crippen molar-refractivity contribution in [1.29, 1.82) is 0 Å². The fourth-order valence-corrected chi connectivity index (χ4v) is 3.10. The van der Waals surface area contributed by atoms with Crippen molar-refractivity contribution in [3.8, 4) is 0 Å². The topological polar surface area (TPSA) is 32.3 Å². The number of fused-ring (bicyclic) bond motifs is 1. The van der Waals surface area contributed by atoms with Gasteiger partial charge >= 0.3 is 6.18 Å². The van der Waals surface area contributed by atoms with E-state index in [2.05, 4.69) is 5.32 Å². The first kappa shape index (κ1) is 13.6. The van der Waals surface area contributed by atoms with Crippen LogP contribution in [-0.4, -0.2) is 43.2 Å². The monoisotopic (exact) mass is 264 g/mol. The second kappa shape index (κ2) is 5.07. The highest BCUT2D eigenvalue weighted by molar-refractivity contribution is 5.82. The van der Waals surface area contributed by atoms with E-state index in [1.165, 1.54) is 11.9 Å². The van der Waals surface area contributed by atoms with Crippen molar-refractivity contribution < 1.29 is 18.0 Å². The van der Waals surface area contributed by atoms with Gasteiger partial charge in [0.05, 0.1) is 12.5 Å². The predicted octanol–water partition coefficient (Wildman–Crippen LogP) is 1.79. The van der Waals surface area contributed by atoms with Gasteiger partial charge in [-0.3, -0.25) is 4.79 Å². The summed E-state index contributed by atoms with van der Waals surface area (Å²) in [5.41, 5.74) is 0. The molecule has 1 amide bonds. The third-order valence-electron chi connectivity index (χ3n) is 4.12. The van der Waals surface area contributed by atoms with Gasteiger partial charge in [-0.25, -0.2) is 0 Å². The summed E-state index contributed by atoms with van der Waals surface area (Å²) in [4.78, 5) is 13.3. The molecule has 1 N–H and O–H groups in total. The van der Waals surface area contributed by atoms with Gasteiger partial charge in [0, 0.05) is 13.6 Å². The largest absolute Gasteiger partial charge is 0.390 e. The van der Waals surface area contributed by atoms with Crippen LogP contribution >= 0.6 is 0 Å². The van der Waals surface area contributed by atoms with Crippen LogP contribution in [0.4, 0.5) is 13.2 Å². The number of halogens is 3. The minimum Gasteiger partial charge on any atom is -0.344 e. The molecule has 1 saturated heterocycles. The number of likely N-dealkylation sites (N-methyl/N-ethyl adjacent to an activating group) is 1. The molecule has 1 aliphatic carbocycles. The molecule has 0 radical (unpaired) electrons. The summed E-state index contributed by atoms with van der Waals surface area (Å²) in [6.45, 7) is 0.575. The highest BCUT2D eigenvalue weighted by atomic mass is 19.4. The van der Waals surface area contributed by atoms with Crippen LogP contribution in [0.25, 0.3) is 0 Å². The maximum absolute atomic E-state index is 12.1. The lowest BCUT2D eigenvalue weighted by atomic mass is 9.93. The number of alkyl halides is 3. The molecule has 2 rings (SSSR count). The summed E-state index contributed by atoms with van der Waals surface area (Å²) < 4.78 is 36.4. The number of rotatable bonds is 3. The maximum atomic E-state index is 12.1. The van der Waals surface area contributed by atoms with E-state index < -0.39 is 12.6 Å². The molecular weight excluding hydrogens is 245 g/mol. The molecule has 3 atom stereocenters. The Morgan fingerprint density at radius 1 is 1.39 bits per heavy atom. The molecule has 104 valence electrons. The summed E-state index contributed by atoms with van der Waals surface area (Å²) >= 11 is 0. The molecule has 2 aliphatic rings. The Hall–Kier alpha value is -0.780. The fraction of sp³-hybridized carbons (Fsp3) is 0.917. The van der Waals surface area contributed by atoms with Crippen LogP contribution in [0.5, 0.6) is 0 Å². The highest BCUT2D eigenvalue weighted by Crippen LogP contribution is 2.38. The number of nitrogens with zero attached hydrogens (tertiary/aromatic N) is 1. The number of carbonyl (C=O) groups is 1. The Morgan fingerprint density at radius 2 is 2.11 bits per heavy atom. The Kier molecular flexibility index (Phi) is 3.84. The standard InChI is InChI=1S/C12H19F3N2O/c1-17(6-5-12(13,14)15)11(18)10-9-4-2-3-8(9)7-16-10/h8-10,16H,2-7H2,1H3. The summed E-state index contributed by atoms with van der Waals surface area (Å²) in [7, 11) is 1.46. The van der Waals surface area contributed by atoms with E-state index in [-0.39, 0.29) is 18.5 Å². The van der Waals surface area contributed by atoms with Gasteiger partial charge in [0.15, 0.2) is 0 Å². The molecule has 6 heteroatoms. The average molecular weight is 264 g/mol. The zero-order valence-electron chi connectivity index (χ0n) is 10.5. The zero-order valence-corrected chi connectivity index (χ0v) is 10.5. The van der Waals surface area contributed by atoms with E-state index in [0.717, 1.165) is 25.8 Å². The van der Waals surface area contributed by atoms with E-state index in [9.17, 15) is 18.0 Å². The number of hydrogen-bond acceptors (Lipinski definition) is 2. The second-order valence-electron chi connectivity index (χ2n) is 5.37. The Labute approximate surface area is 105 Å². The molecule has 18 heavy (non-hydrogen) atoms. The lowest BCUT2D eigenvalue weighted by Gasteiger charge is -2.25. The van der Waals surface area contributed by atoms with Gasteiger partial charge in [0.2, 0.25) is 5.91 Å². The minimum absolute atomic E-state index is 0.186. The van der Waals surface area contributed by atoms with Crippen LogP contribution < -0.4 is 5.32 Å². The van der Waals surface area contributed by atoms with Crippen molar-refractivity contribution in [2.75, 3.05) is 20.1 Å². The third-order valence-corrected chi connectivity index (χ3v) is 4.12. The van der Waals surface area contributed by atoms with Gasteiger partial charge in [-0.05, 0) is 31.2 Å². The molecule has 0 aromatic carbocycles. The summed E-state index contributed by atoms with van der Waals surface area (Å²) in [5.74, 6) is 0.675. The quantitative estimate of drug-likeness (QED) is 0.843. The molecule has 3 nitrogen and oxygen atoms in total. The molecule has 0 bridgehead atoms. The number of carbonyl (C=O) groups excluding carboxylic acids is 1. The van der Waals surface area contributed by atoms with Gasteiger partial charge in [-0.2, -0.15) is 13.2 Å². The zero-order chi connectivity index (χ0) is 13.3. The molecule has 0 aromatic rings. The van der Waals surface area contributed by atoms with Crippen LogP contribution in [0.3, 0.4) is 0 Å². The molecular formula is C12H19F3N2O. The minimum atomic E-state index is -4.20. The van der Waals surface area contributed by atoms with E-state index in [1.807, 2.05) is 0 Å².